The van der Waals surface area contributed by atoms with Gasteiger partial charge in [-0.05, 0) is 50.2 Å². The Morgan fingerprint density at radius 2 is 2.06 bits per heavy atom. The standard InChI is InChI=1S/C12H19FN2O2S/c1-3-14-7-4-8-18(16,17)15-12-6-5-11(13)9-10(12)2/h5-6,9,14-15H,3-4,7-8H2,1-2H3. The molecule has 18 heavy (non-hydrogen) atoms. The van der Waals surface area contributed by atoms with Gasteiger partial charge in [-0.2, -0.15) is 0 Å². The van der Waals surface area contributed by atoms with Gasteiger partial charge in [0.25, 0.3) is 0 Å². The molecule has 0 fully saturated rings. The van der Waals surface area contributed by atoms with E-state index < -0.39 is 10.0 Å². The highest BCUT2D eigenvalue weighted by Gasteiger charge is 2.11. The van der Waals surface area contributed by atoms with E-state index in [1.165, 1.54) is 18.2 Å². The molecule has 0 saturated heterocycles. The second-order valence-electron chi connectivity index (χ2n) is 4.09. The summed E-state index contributed by atoms with van der Waals surface area (Å²) in [7, 11) is -3.36. The van der Waals surface area contributed by atoms with Crippen molar-refractivity contribution in [2.45, 2.75) is 20.3 Å². The molecule has 0 atom stereocenters. The minimum Gasteiger partial charge on any atom is -0.317 e. The monoisotopic (exact) mass is 274 g/mol. The third kappa shape index (κ3) is 5.01. The highest BCUT2D eigenvalue weighted by atomic mass is 32.2. The number of halogens is 1. The lowest BCUT2D eigenvalue weighted by atomic mass is 10.2. The molecule has 0 unspecified atom stereocenters. The maximum absolute atomic E-state index is 12.9. The number of nitrogens with one attached hydrogen (secondary N) is 2. The van der Waals surface area contributed by atoms with Crippen molar-refractivity contribution in [1.29, 1.82) is 0 Å². The number of sulfonamides is 1. The first kappa shape index (κ1) is 14.9. The van der Waals surface area contributed by atoms with Crippen LogP contribution in [0, 0.1) is 12.7 Å². The van der Waals surface area contributed by atoms with Gasteiger partial charge < -0.3 is 5.32 Å². The molecule has 0 saturated carbocycles. The average molecular weight is 274 g/mol. The molecule has 0 bridgehead atoms. The van der Waals surface area contributed by atoms with E-state index in [9.17, 15) is 12.8 Å². The Morgan fingerprint density at radius 3 is 2.67 bits per heavy atom. The van der Waals surface area contributed by atoms with Gasteiger partial charge in [0.15, 0.2) is 0 Å². The molecule has 0 amide bonds. The van der Waals surface area contributed by atoms with Crippen LogP contribution in [0.1, 0.15) is 18.9 Å². The number of rotatable bonds is 7. The molecule has 102 valence electrons. The second-order valence-corrected chi connectivity index (χ2v) is 5.93. The number of hydrogen-bond acceptors (Lipinski definition) is 3. The maximum Gasteiger partial charge on any atom is 0.232 e. The molecule has 0 aliphatic heterocycles. The highest BCUT2D eigenvalue weighted by molar-refractivity contribution is 7.92. The molecule has 0 heterocycles. The summed E-state index contributed by atoms with van der Waals surface area (Å²) in [5, 5.41) is 3.06. The van der Waals surface area contributed by atoms with Crippen molar-refractivity contribution in [2.24, 2.45) is 0 Å². The van der Waals surface area contributed by atoms with Crippen molar-refractivity contribution in [3.63, 3.8) is 0 Å². The maximum atomic E-state index is 12.9. The van der Waals surface area contributed by atoms with E-state index in [2.05, 4.69) is 10.0 Å². The van der Waals surface area contributed by atoms with Crippen LogP contribution in [0.25, 0.3) is 0 Å². The quantitative estimate of drug-likeness (QED) is 0.746. The Kier molecular flexibility index (Phi) is 5.55. The minimum atomic E-state index is -3.36. The van der Waals surface area contributed by atoms with E-state index in [4.69, 9.17) is 0 Å². The van der Waals surface area contributed by atoms with Crippen LogP contribution in [0.5, 0.6) is 0 Å². The molecule has 0 radical (unpaired) electrons. The van der Waals surface area contributed by atoms with Gasteiger partial charge in [-0.3, -0.25) is 4.72 Å². The average Bonchev–Trinajstić information content (AvgIpc) is 2.28. The summed E-state index contributed by atoms with van der Waals surface area (Å²) in [5.41, 5.74) is 1.00. The second kappa shape index (κ2) is 6.70. The van der Waals surface area contributed by atoms with Gasteiger partial charge in [0.05, 0.1) is 11.4 Å². The van der Waals surface area contributed by atoms with Crippen LogP contribution in [0.15, 0.2) is 18.2 Å². The zero-order valence-electron chi connectivity index (χ0n) is 10.7. The molecular formula is C12H19FN2O2S. The summed E-state index contributed by atoms with van der Waals surface area (Å²) in [4.78, 5) is 0. The first-order valence-electron chi connectivity index (χ1n) is 5.92. The molecule has 0 aliphatic carbocycles. The van der Waals surface area contributed by atoms with Gasteiger partial charge in [-0.25, -0.2) is 12.8 Å². The van der Waals surface area contributed by atoms with E-state index in [0.717, 1.165) is 6.54 Å². The molecule has 0 aliphatic rings. The van der Waals surface area contributed by atoms with Crippen molar-refractivity contribution in [3.05, 3.63) is 29.6 Å². The van der Waals surface area contributed by atoms with E-state index in [1.807, 2.05) is 6.92 Å². The van der Waals surface area contributed by atoms with E-state index in [0.29, 0.717) is 24.2 Å². The van der Waals surface area contributed by atoms with Crippen LogP contribution >= 0.6 is 0 Å². The summed E-state index contributed by atoms with van der Waals surface area (Å²) in [6, 6.07) is 3.98. The lowest BCUT2D eigenvalue weighted by Gasteiger charge is -2.10. The van der Waals surface area contributed by atoms with Gasteiger partial charge >= 0.3 is 0 Å². The first-order chi connectivity index (χ1) is 8.44. The van der Waals surface area contributed by atoms with Crippen LogP contribution in [0.4, 0.5) is 10.1 Å². The smallest absolute Gasteiger partial charge is 0.232 e. The van der Waals surface area contributed by atoms with Gasteiger partial charge in [0.1, 0.15) is 5.82 Å². The Labute approximate surface area is 108 Å². The molecule has 1 aromatic carbocycles. The molecule has 0 aromatic heterocycles. The lowest BCUT2D eigenvalue weighted by Crippen LogP contribution is -2.22. The predicted octanol–water partition coefficient (Wildman–Crippen LogP) is 1.88. The summed E-state index contributed by atoms with van der Waals surface area (Å²) in [6.45, 7) is 5.12. The van der Waals surface area contributed by atoms with Crippen molar-refractivity contribution in [1.82, 2.24) is 5.32 Å². The number of benzene rings is 1. The lowest BCUT2D eigenvalue weighted by molar-refractivity contribution is 0.595. The van der Waals surface area contributed by atoms with Gasteiger partial charge in [0, 0.05) is 0 Å². The summed E-state index contributed by atoms with van der Waals surface area (Å²) < 4.78 is 38.9. The molecule has 2 N–H and O–H groups in total. The third-order valence-corrected chi connectivity index (χ3v) is 3.83. The fourth-order valence-corrected chi connectivity index (χ4v) is 2.71. The predicted molar refractivity (Wildman–Crippen MR) is 71.7 cm³/mol. The summed E-state index contributed by atoms with van der Waals surface area (Å²) in [6.07, 6.45) is 0.545. The van der Waals surface area contributed by atoms with Gasteiger partial charge in [0.2, 0.25) is 10.0 Å². The van der Waals surface area contributed by atoms with Gasteiger partial charge in [-0.15, -0.1) is 0 Å². The van der Waals surface area contributed by atoms with Crippen molar-refractivity contribution < 1.29 is 12.8 Å². The zero-order chi connectivity index (χ0) is 13.6. The highest BCUT2D eigenvalue weighted by Crippen LogP contribution is 2.17. The van der Waals surface area contributed by atoms with Crippen LogP contribution < -0.4 is 10.0 Å². The topological polar surface area (TPSA) is 58.2 Å². The number of hydrogen-bond donors (Lipinski definition) is 2. The Balaban J connectivity index is 2.59. The Hall–Kier alpha value is -1.14. The Bertz CT molecular complexity index is 489. The number of anilines is 1. The van der Waals surface area contributed by atoms with E-state index in [-0.39, 0.29) is 11.6 Å². The minimum absolute atomic E-state index is 0.0524. The molecule has 4 nitrogen and oxygen atoms in total. The summed E-state index contributed by atoms with van der Waals surface area (Å²) >= 11 is 0. The van der Waals surface area contributed by atoms with Crippen molar-refractivity contribution in [2.75, 3.05) is 23.6 Å². The largest absolute Gasteiger partial charge is 0.317 e. The molecule has 1 rings (SSSR count). The first-order valence-corrected chi connectivity index (χ1v) is 7.57. The SMILES string of the molecule is CCNCCCS(=O)(=O)Nc1ccc(F)cc1C. The van der Waals surface area contributed by atoms with E-state index >= 15 is 0 Å². The molecule has 1 aromatic rings. The van der Waals surface area contributed by atoms with Crippen LogP contribution in [0.2, 0.25) is 0 Å². The number of aryl methyl sites for hydroxylation is 1. The third-order valence-electron chi connectivity index (χ3n) is 2.47. The fourth-order valence-electron chi connectivity index (χ4n) is 1.52. The molecule has 6 heteroatoms. The van der Waals surface area contributed by atoms with Crippen LogP contribution in [-0.2, 0) is 10.0 Å². The summed E-state index contributed by atoms with van der Waals surface area (Å²) in [5.74, 6) is -0.320. The van der Waals surface area contributed by atoms with E-state index in [1.54, 1.807) is 6.92 Å². The fraction of sp³-hybridized carbons (Fsp3) is 0.500. The van der Waals surface area contributed by atoms with Gasteiger partial charge in [-0.1, -0.05) is 6.92 Å². The van der Waals surface area contributed by atoms with Crippen LogP contribution in [0.3, 0.4) is 0 Å². The van der Waals surface area contributed by atoms with Crippen LogP contribution in [-0.4, -0.2) is 27.3 Å². The molecular weight excluding hydrogens is 255 g/mol. The van der Waals surface area contributed by atoms with Crippen molar-refractivity contribution >= 4 is 15.7 Å². The zero-order valence-corrected chi connectivity index (χ0v) is 11.5. The normalized spacial score (nSPS) is 11.5. The Morgan fingerprint density at radius 1 is 1.33 bits per heavy atom. The molecule has 0 spiro atoms. The van der Waals surface area contributed by atoms with Crippen molar-refractivity contribution in [3.8, 4) is 0 Å².